The van der Waals surface area contributed by atoms with Crippen molar-refractivity contribution < 1.29 is 4.79 Å². The molecule has 2 rings (SSSR count). The molecular weight excluding hydrogens is 272 g/mol. The summed E-state index contributed by atoms with van der Waals surface area (Å²) < 4.78 is 1.48. The fourth-order valence-corrected chi connectivity index (χ4v) is 1.79. The summed E-state index contributed by atoms with van der Waals surface area (Å²) in [5, 5.41) is 4.05. The minimum Gasteiger partial charge on any atom is -0.368 e. The molecule has 1 amide bonds. The summed E-state index contributed by atoms with van der Waals surface area (Å²) in [6.07, 6.45) is 5.17. The van der Waals surface area contributed by atoms with E-state index in [0.29, 0.717) is 18.4 Å². The molecule has 0 saturated carbocycles. The third kappa shape index (κ3) is 3.88. The number of anilines is 2. The molecule has 9 heteroatoms. The largest absolute Gasteiger partial charge is 0.368 e. The average molecular weight is 290 g/mol. The maximum Gasteiger partial charge on any atom is 0.257 e. The zero-order valence-corrected chi connectivity index (χ0v) is 11.8. The van der Waals surface area contributed by atoms with E-state index in [-0.39, 0.29) is 12.5 Å². The van der Waals surface area contributed by atoms with E-state index < -0.39 is 5.91 Å². The zero-order valence-electron chi connectivity index (χ0n) is 11.8. The number of carbonyl (C=O) groups excluding carboxylic acids is 1. The van der Waals surface area contributed by atoms with Crippen LogP contribution in [0.5, 0.6) is 0 Å². The lowest BCUT2D eigenvalue weighted by Gasteiger charge is -2.21. The van der Waals surface area contributed by atoms with Gasteiger partial charge in [0.15, 0.2) is 0 Å². The molecule has 4 N–H and O–H groups in total. The van der Waals surface area contributed by atoms with Crippen molar-refractivity contribution in [1.82, 2.24) is 24.7 Å². The number of nitrogens with zero attached hydrogens (tertiary/aromatic N) is 6. The molecule has 112 valence electrons. The molecule has 0 atom stereocenters. The molecule has 0 unspecified atom stereocenters. The van der Waals surface area contributed by atoms with Crippen LogP contribution >= 0.6 is 0 Å². The first-order chi connectivity index (χ1) is 10.1. The Labute approximate surface area is 122 Å². The van der Waals surface area contributed by atoms with Gasteiger partial charge in [-0.25, -0.2) is 4.68 Å². The van der Waals surface area contributed by atoms with Gasteiger partial charge in [-0.15, -0.1) is 0 Å². The highest BCUT2D eigenvalue weighted by Crippen LogP contribution is 2.12. The van der Waals surface area contributed by atoms with Crippen LogP contribution in [-0.4, -0.2) is 43.7 Å². The molecule has 2 aromatic heterocycles. The Bertz CT molecular complexity index is 597. The molecule has 0 aliphatic rings. The lowest BCUT2D eigenvalue weighted by molar-refractivity contribution is -0.116. The lowest BCUT2D eigenvalue weighted by Crippen LogP contribution is -2.36. The molecule has 9 nitrogen and oxygen atoms in total. The van der Waals surface area contributed by atoms with Crippen LogP contribution in [0.15, 0.2) is 18.5 Å². The zero-order chi connectivity index (χ0) is 15.2. The number of unbranched alkanes of at least 4 members (excludes halogenated alkanes) is 1. The van der Waals surface area contributed by atoms with Crippen LogP contribution < -0.4 is 16.4 Å². The molecule has 0 bridgehead atoms. The van der Waals surface area contributed by atoms with Crippen molar-refractivity contribution in [2.24, 2.45) is 5.73 Å². The summed E-state index contributed by atoms with van der Waals surface area (Å²) in [5.74, 6) is 0.232. The third-order valence-electron chi connectivity index (χ3n) is 2.75. The van der Waals surface area contributed by atoms with Gasteiger partial charge < -0.3 is 16.4 Å². The summed E-state index contributed by atoms with van der Waals surface area (Å²) in [5.41, 5.74) is 11.0. The number of rotatable bonds is 7. The van der Waals surface area contributed by atoms with Gasteiger partial charge in [-0.1, -0.05) is 13.3 Å². The number of aromatic nitrogens is 5. The van der Waals surface area contributed by atoms with Crippen molar-refractivity contribution in [3.05, 3.63) is 18.5 Å². The van der Waals surface area contributed by atoms with Crippen LogP contribution in [0.4, 0.5) is 11.9 Å². The molecular formula is C12H18N8O. The second-order valence-corrected chi connectivity index (χ2v) is 4.49. The van der Waals surface area contributed by atoms with E-state index in [9.17, 15) is 4.79 Å². The predicted octanol–water partition coefficient (Wildman–Crippen LogP) is -0.269. The van der Waals surface area contributed by atoms with E-state index in [4.69, 9.17) is 11.5 Å². The molecule has 0 aromatic carbocycles. The van der Waals surface area contributed by atoms with E-state index in [1.807, 2.05) is 0 Å². The minimum absolute atomic E-state index is 0.0298. The predicted molar refractivity (Wildman–Crippen MR) is 77.7 cm³/mol. The van der Waals surface area contributed by atoms with Crippen LogP contribution in [0.2, 0.25) is 0 Å². The van der Waals surface area contributed by atoms with Crippen molar-refractivity contribution in [1.29, 1.82) is 0 Å². The van der Waals surface area contributed by atoms with Crippen molar-refractivity contribution in [2.45, 2.75) is 19.8 Å². The van der Waals surface area contributed by atoms with Gasteiger partial charge in [0, 0.05) is 18.9 Å². The second-order valence-electron chi connectivity index (χ2n) is 4.49. The Morgan fingerprint density at radius 3 is 2.81 bits per heavy atom. The first kappa shape index (κ1) is 14.7. The summed E-state index contributed by atoms with van der Waals surface area (Å²) in [4.78, 5) is 25.3. The van der Waals surface area contributed by atoms with Gasteiger partial charge in [-0.3, -0.25) is 4.79 Å². The van der Waals surface area contributed by atoms with E-state index in [0.717, 1.165) is 12.8 Å². The van der Waals surface area contributed by atoms with Crippen molar-refractivity contribution in [2.75, 3.05) is 23.7 Å². The smallest absolute Gasteiger partial charge is 0.257 e. The van der Waals surface area contributed by atoms with Crippen LogP contribution in [0.1, 0.15) is 19.8 Å². The number of hydrogen-bond acceptors (Lipinski definition) is 7. The monoisotopic (exact) mass is 290 g/mol. The topological polar surface area (TPSA) is 129 Å². The fraction of sp³-hybridized carbons (Fsp3) is 0.417. The third-order valence-corrected chi connectivity index (χ3v) is 2.75. The normalized spacial score (nSPS) is 10.5. The molecule has 0 aliphatic carbocycles. The summed E-state index contributed by atoms with van der Waals surface area (Å²) in [7, 11) is 0. The Kier molecular flexibility index (Phi) is 4.64. The Morgan fingerprint density at radius 2 is 2.19 bits per heavy atom. The van der Waals surface area contributed by atoms with E-state index in [2.05, 4.69) is 27.0 Å². The maximum absolute atomic E-state index is 11.2. The van der Waals surface area contributed by atoms with Gasteiger partial charge in [0.25, 0.3) is 5.95 Å². The van der Waals surface area contributed by atoms with E-state index >= 15 is 0 Å². The number of hydrogen-bond donors (Lipinski definition) is 2. The van der Waals surface area contributed by atoms with Crippen LogP contribution in [0.25, 0.3) is 5.95 Å². The van der Waals surface area contributed by atoms with Gasteiger partial charge in [0.05, 0.1) is 6.54 Å². The van der Waals surface area contributed by atoms with Crippen molar-refractivity contribution >= 4 is 17.8 Å². The summed E-state index contributed by atoms with van der Waals surface area (Å²) in [6, 6.07) is 1.75. The van der Waals surface area contributed by atoms with Crippen molar-refractivity contribution in [3.8, 4) is 5.95 Å². The number of carbonyl (C=O) groups is 1. The molecule has 2 heterocycles. The summed E-state index contributed by atoms with van der Waals surface area (Å²) in [6.45, 7) is 2.70. The molecule has 0 spiro atoms. The van der Waals surface area contributed by atoms with Gasteiger partial charge in [0.1, 0.15) is 0 Å². The molecule has 0 saturated heterocycles. The van der Waals surface area contributed by atoms with E-state index in [1.165, 1.54) is 4.68 Å². The van der Waals surface area contributed by atoms with Crippen LogP contribution in [0, 0.1) is 0 Å². The second kappa shape index (κ2) is 6.64. The molecule has 2 aromatic rings. The maximum atomic E-state index is 11.2. The highest BCUT2D eigenvalue weighted by Gasteiger charge is 2.15. The Hall–Kier alpha value is -2.71. The number of nitrogens with two attached hydrogens (primary N) is 2. The highest BCUT2D eigenvalue weighted by molar-refractivity contribution is 5.78. The fourth-order valence-electron chi connectivity index (χ4n) is 1.79. The van der Waals surface area contributed by atoms with Gasteiger partial charge in [-0.2, -0.15) is 20.1 Å². The summed E-state index contributed by atoms with van der Waals surface area (Å²) >= 11 is 0. The Balaban J connectivity index is 2.33. The first-order valence-electron chi connectivity index (χ1n) is 6.65. The van der Waals surface area contributed by atoms with Crippen LogP contribution in [0.3, 0.4) is 0 Å². The van der Waals surface area contributed by atoms with Gasteiger partial charge in [-0.05, 0) is 12.5 Å². The standard InChI is InChI=1S/C12H18N8O/c1-2-3-6-19(8-9(13)21)11-16-10(14)17-12(18-11)20-7-4-5-15-20/h4-5,7H,2-3,6,8H2,1H3,(H2,13,21)(H2,14,16,17,18). The number of primary amides is 1. The Morgan fingerprint density at radius 1 is 1.38 bits per heavy atom. The number of amides is 1. The minimum atomic E-state index is -0.453. The quantitative estimate of drug-likeness (QED) is 0.718. The highest BCUT2D eigenvalue weighted by atomic mass is 16.1. The van der Waals surface area contributed by atoms with Crippen LogP contribution in [-0.2, 0) is 4.79 Å². The first-order valence-corrected chi connectivity index (χ1v) is 6.65. The van der Waals surface area contributed by atoms with Gasteiger partial charge in [0.2, 0.25) is 17.8 Å². The van der Waals surface area contributed by atoms with Gasteiger partial charge >= 0.3 is 0 Å². The molecule has 21 heavy (non-hydrogen) atoms. The number of nitrogen functional groups attached to an aromatic ring is 1. The average Bonchev–Trinajstić information content (AvgIpc) is 2.96. The SMILES string of the molecule is CCCCN(CC(N)=O)c1nc(N)nc(-n2cccn2)n1. The molecule has 0 fully saturated rings. The molecule has 0 aliphatic heterocycles. The van der Waals surface area contributed by atoms with Crippen molar-refractivity contribution in [3.63, 3.8) is 0 Å². The lowest BCUT2D eigenvalue weighted by atomic mass is 10.3. The molecule has 0 radical (unpaired) electrons. The van der Waals surface area contributed by atoms with E-state index in [1.54, 1.807) is 23.4 Å².